The van der Waals surface area contributed by atoms with Gasteiger partial charge >= 0.3 is 0 Å². The highest BCUT2D eigenvalue weighted by Gasteiger charge is 2.29. The molecule has 0 unspecified atom stereocenters. The fourth-order valence-corrected chi connectivity index (χ4v) is 2.16. The van der Waals surface area contributed by atoms with Crippen LogP contribution in [0.15, 0.2) is 12.1 Å². The van der Waals surface area contributed by atoms with Crippen molar-refractivity contribution >= 4 is 11.4 Å². The summed E-state index contributed by atoms with van der Waals surface area (Å²) in [6.45, 7) is 6.73. The zero-order valence-corrected chi connectivity index (χ0v) is 11.2. The number of hydrogen-bond acceptors (Lipinski definition) is 3. The Bertz CT molecular complexity index is 430. The Morgan fingerprint density at radius 3 is 2.61 bits per heavy atom. The van der Waals surface area contributed by atoms with Crippen molar-refractivity contribution in [1.82, 2.24) is 0 Å². The van der Waals surface area contributed by atoms with Crippen LogP contribution in [0.2, 0.25) is 0 Å². The maximum atomic E-state index is 13.8. The Labute approximate surface area is 108 Å². The number of ether oxygens (including phenoxy) is 1. The van der Waals surface area contributed by atoms with E-state index in [0.717, 1.165) is 12.2 Å². The highest BCUT2D eigenvalue weighted by molar-refractivity contribution is 5.70. The van der Waals surface area contributed by atoms with Crippen LogP contribution in [0.5, 0.6) is 5.75 Å². The van der Waals surface area contributed by atoms with E-state index in [0.29, 0.717) is 11.7 Å². The molecule has 0 aromatic heterocycles. The lowest BCUT2D eigenvalue weighted by molar-refractivity contribution is 0.231. The van der Waals surface area contributed by atoms with Gasteiger partial charge in [-0.25, -0.2) is 4.39 Å². The summed E-state index contributed by atoms with van der Waals surface area (Å²) in [5.74, 6) is -0.106. The molecule has 0 aliphatic heterocycles. The minimum atomic E-state index is -0.392. The lowest BCUT2D eigenvalue weighted by atomic mass is 10.2. The minimum Gasteiger partial charge on any atom is -0.488 e. The fourth-order valence-electron chi connectivity index (χ4n) is 2.16. The Balaban J connectivity index is 2.33. The third-order valence-electron chi connectivity index (χ3n) is 3.08. The third kappa shape index (κ3) is 2.68. The van der Waals surface area contributed by atoms with Crippen LogP contribution < -0.4 is 15.4 Å². The van der Waals surface area contributed by atoms with Crippen molar-refractivity contribution in [3.05, 3.63) is 17.9 Å². The van der Waals surface area contributed by atoms with E-state index in [1.54, 1.807) is 6.07 Å². The number of halogens is 1. The first-order valence-electron chi connectivity index (χ1n) is 6.55. The average molecular weight is 252 g/mol. The molecule has 0 spiro atoms. The van der Waals surface area contributed by atoms with Gasteiger partial charge in [-0.2, -0.15) is 0 Å². The molecule has 1 fully saturated rings. The highest BCUT2D eigenvalue weighted by Crippen LogP contribution is 2.37. The van der Waals surface area contributed by atoms with E-state index < -0.39 is 5.82 Å². The van der Waals surface area contributed by atoms with Gasteiger partial charge in [0.25, 0.3) is 0 Å². The molecule has 0 saturated heterocycles. The summed E-state index contributed by atoms with van der Waals surface area (Å²) in [6.07, 6.45) is 2.32. The van der Waals surface area contributed by atoms with Gasteiger partial charge in [0, 0.05) is 24.7 Å². The van der Waals surface area contributed by atoms with E-state index in [2.05, 4.69) is 11.8 Å². The number of benzene rings is 1. The van der Waals surface area contributed by atoms with Crippen LogP contribution in [-0.4, -0.2) is 18.7 Å². The largest absolute Gasteiger partial charge is 0.488 e. The van der Waals surface area contributed by atoms with Crippen molar-refractivity contribution in [2.45, 2.75) is 45.8 Å². The predicted octanol–water partition coefficient (Wildman–Crippen LogP) is 3.18. The summed E-state index contributed by atoms with van der Waals surface area (Å²) in [5.41, 5.74) is 7.30. The Hall–Kier alpha value is -1.45. The van der Waals surface area contributed by atoms with Gasteiger partial charge < -0.3 is 15.4 Å². The van der Waals surface area contributed by atoms with Crippen LogP contribution in [0.4, 0.5) is 15.8 Å². The van der Waals surface area contributed by atoms with Crippen molar-refractivity contribution in [1.29, 1.82) is 0 Å². The standard InChI is InChI=1S/C14H21FN2O/c1-4-17(10-5-6-10)13-8-14(18-9(2)3)11(15)7-12(13)16/h7-10H,4-6,16H2,1-3H3. The summed E-state index contributed by atoms with van der Waals surface area (Å²) < 4.78 is 19.2. The van der Waals surface area contributed by atoms with Crippen LogP contribution in [-0.2, 0) is 0 Å². The lowest BCUT2D eigenvalue weighted by Gasteiger charge is -2.25. The molecule has 2 N–H and O–H groups in total. The van der Waals surface area contributed by atoms with Crippen molar-refractivity contribution in [2.24, 2.45) is 0 Å². The molecular formula is C14H21FN2O. The van der Waals surface area contributed by atoms with Gasteiger partial charge in [0.2, 0.25) is 0 Å². The molecule has 18 heavy (non-hydrogen) atoms. The SMILES string of the molecule is CCN(c1cc(OC(C)C)c(F)cc1N)C1CC1. The summed E-state index contributed by atoms with van der Waals surface area (Å²) in [4.78, 5) is 2.22. The predicted molar refractivity (Wildman–Crippen MR) is 72.6 cm³/mol. The second-order valence-electron chi connectivity index (χ2n) is 5.03. The van der Waals surface area contributed by atoms with E-state index in [9.17, 15) is 4.39 Å². The molecule has 0 radical (unpaired) electrons. The number of nitrogen functional groups attached to an aromatic ring is 1. The Morgan fingerprint density at radius 2 is 2.11 bits per heavy atom. The maximum Gasteiger partial charge on any atom is 0.167 e. The van der Waals surface area contributed by atoms with Crippen LogP contribution >= 0.6 is 0 Å². The molecule has 0 atom stereocenters. The van der Waals surface area contributed by atoms with Crippen molar-refractivity contribution in [3.8, 4) is 5.75 Å². The molecule has 1 aromatic carbocycles. The van der Waals surface area contributed by atoms with Crippen molar-refractivity contribution in [3.63, 3.8) is 0 Å². The molecule has 100 valence electrons. The number of nitrogens with zero attached hydrogens (tertiary/aromatic N) is 1. The van der Waals surface area contributed by atoms with Crippen LogP contribution in [0.3, 0.4) is 0 Å². The average Bonchev–Trinajstić information content (AvgIpc) is 3.09. The smallest absolute Gasteiger partial charge is 0.167 e. The molecule has 0 heterocycles. The van der Waals surface area contributed by atoms with Gasteiger partial charge in [-0.05, 0) is 33.6 Å². The molecule has 1 aromatic rings. The summed E-state index contributed by atoms with van der Waals surface area (Å²) in [6, 6.07) is 3.64. The van der Waals surface area contributed by atoms with Gasteiger partial charge in [-0.1, -0.05) is 0 Å². The fraction of sp³-hybridized carbons (Fsp3) is 0.571. The van der Waals surface area contributed by atoms with Gasteiger partial charge in [0.15, 0.2) is 11.6 Å². The molecule has 0 amide bonds. The third-order valence-corrected chi connectivity index (χ3v) is 3.08. The van der Waals surface area contributed by atoms with E-state index in [1.807, 2.05) is 13.8 Å². The Morgan fingerprint density at radius 1 is 1.44 bits per heavy atom. The second kappa shape index (κ2) is 5.04. The first-order valence-corrected chi connectivity index (χ1v) is 6.55. The first-order chi connectivity index (χ1) is 8.52. The first kappa shape index (κ1) is 13.0. The van der Waals surface area contributed by atoms with Crippen LogP contribution in [0.25, 0.3) is 0 Å². The van der Waals surface area contributed by atoms with E-state index in [1.165, 1.54) is 18.9 Å². The van der Waals surface area contributed by atoms with Crippen molar-refractivity contribution in [2.75, 3.05) is 17.2 Å². The molecule has 1 aliphatic rings. The molecule has 4 heteroatoms. The van der Waals surface area contributed by atoms with E-state index in [4.69, 9.17) is 10.5 Å². The molecule has 1 saturated carbocycles. The molecule has 2 rings (SSSR count). The zero-order valence-electron chi connectivity index (χ0n) is 11.2. The normalized spacial score (nSPS) is 14.9. The highest BCUT2D eigenvalue weighted by atomic mass is 19.1. The quantitative estimate of drug-likeness (QED) is 0.818. The van der Waals surface area contributed by atoms with Gasteiger partial charge in [-0.15, -0.1) is 0 Å². The topological polar surface area (TPSA) is 38.5 Å². The van der Waals surface area contributed by atoms with Gasteiger partial charge in [-0.3, -0.25) is 0 Å². The summed E-state index contributed by atoms with van der Waals surface area (Å²) >= 11 is 0. The molecule has 1 aliphatic carbocycles. The van der Waals surface area contributed by atoms with Crippen LogP contribution in [0, 0.1) is 5.82 Å². The number of rotatable bonds is 5. The summed E-state index contributed by atoms with van der Waals surface area (Å²) in [7, 11) is 0. The molecule has 0 bridgehead atoms. The second-order valence-corrected chi connectivity index (χ2v) is 5.03. The zero-order chi connectivity index (χ0) is 13.3. The van der Waals surface area contributed by atoms with Gasteiger partial charge in [0.05, 0.1) is 17.5 Å². The van der Waals surface area contributed by atoms with E-state index >= 15 is 0 Å². The van der Waals surface area contributed by atoms with Gasteiger partial charge in [0.1, 0.15) is 0 Å². The number of anilines is 2. The van der Waals surface area contributed by atoms with Crippen molar-refractivity contribution < 1.29 is 9.13 Å². The maximum absolute atomic E-state index is 13.8. The van der Waals surface area contributed by atoms with E-state index in [-0.39, 0.29) is 11.9 Å². The Kier molecular flexibility index (Phi) is 3.64. The molecule has 3 nitrogen and oxygen atoms in total. The monoisotopic (exact) mass is 252 g/mol. The minimum absolute atomic E-state index is 0.0491. The van der Waals surface area contributed by atoms with Crippen LogP contribution in [0.1, 0.15) is 33.6 Å². The summed E-state index contributed by atoms with van der Waals surface area (Å²) in [5, 5.41) is 0. The number of nitrogens with two attached hydrogens (primary N) is 1. The molecular weight excluding hydrogens is 231 g/mol. The number of hydrogen-bond donors (Lipinski definition) is 1. The lowest BCUT2D eigenvalue weighted by Crippen LogP contribution is -2.26.